The molecule has 5 nitrogen and oxygen atoms in total. The van der Waals surface area contributed by atoms with Crippen LogP contribution in [0.4, 0.5) is 5.95 Å². The van der Waals surface area contributed by atoms with Gasteiger partial charge in [0, 0.05) is 30.4 Å². The van der Waals surface area contributed by atoms with Crippen LogP contribution >= 0.6 is 11.3 Å². The zero-order valence-electron chi connectivity index (χ0n) is 8.06. The van der Waals surface area contributed by atoms with Crippen LogP contribution in [0.5, 0.6) is 0 Å². The minimum absolute atomic E-state index is 0.652. The maximum Gasteiger partial charge on any atom is 0.243 e. The van der Waals surface area contributed by atoms with Gasteiger partial charge in [0.05, 0.1) is 5.69 Å². The highest BCUT2D eigenvalue weighted by Gasteiger charge is 2.10. The molecule has 0 aliphatic heterocycles. The lowest BCUT2D eigenvalue weighted by Gasteiger charge is -1.92. The van der Waals surface area contributed by atoms with Gasteiger partial charge in [0.1, 0.15) is 0 Å². The number of nitrogens with zero attached hydrogens (tertiary/aromatic N) is 3. The van der Waals surface area contributed by atoms with E-state index >= 15 is 0 Å². The van der Waals surface area contributed by atoms with Gasteiger partial charge in [-0.2, -0.15) is 4.98 Å². The highest BCUT2D eigenvalue weighted by molar-refractivity contribution is 7.15. The van der Waals surface area contributed by atoms with Crippen molar-refractivity contribution in [2.75, 3.05) is 12.4 Å². The van der Waals surface area contributed by atoms with Crippen LogP contribution in [0.3, 0.4) is 0 Å². The number of anilines is 1. The number of H-pyrrole nitrogens is 1. The van der Waals surface area contributed by atoms with Crippen LogP contribution in [0.2, 0.25) is 0 Å². The molecular weight excluding hydrogens is 210 g/mol. The Labute approximate surface area is 89.8 Å². The third-order valence-corrected chi connectivity index (χ3v) is 3.02. The first-order chi connectivity index (χ1) is 7.38. The molecule has 0 radical (unpaired) electrons. The third kappa shape index (κ3) is 1.22. The fourth-order valence-electron chi connectivity index (χ4n) is 1.47. The second-order valence-corrected chi connectivity index (χ2v) is 3.94. The Kier molecular flexibility index (Phi) is 1.75. The van der Waals surface area contributed by atoms with Crippen molar-refractivity contribution in [1.29, 1.82) is 0 Å². The lowest BCUT2D eigenvalue weighted by atomic mass is 10.3. The van der Waals surface area contributed by atoms with Crippen molar-refractivity contribution in [1.82, 2.24) is 19.6 Å². The van der Waals surface area contributed by atoms with Gasteiger partial charge in [-0.15, -0.1) is 16.4 Å². The van der Waals surface area contributed by atoms with Crippen molar-refractivity contribution in [3.8, 4) is 11.3 Å². The summed E-state index contributed by atoms with van der Waals surface area (Å²) in [5, 5.41) is 9.32. The van der Waals surface area contributed by atoms with Crippen molar-refractivity contribution < 1.29 is 0 Å². The second kappa shape index (κ2) is 3.09. The highest BCUT2D eigenvalue weighted by Crippen LogP contribution is 2.25. The smallest absolute Gasteiger partial charge is 0.243 e. The van der Waals surface area contributed by atoms with E-state index in [2.05, 4.69) is 25.8 Å². The first-order valence-corrected chi connectivity index (χ1v) is 5.41. The second-order valence-electron chi connectivity index (χ2n) is 3.10. The number of fused-ring (bicyclic) bond motifs is 1. The van der Waals surface area contributed by atoms with E-state index in [-0.39, 0.29) is 0 Å². The minimum atomic E-state index is 0.652. The molecule has 0 aliphatic rings. The molecule has 3 heterocycles. The predicted octanol–water partition coefficient (Wildman–Crippen LogP) is 1.83. The van der Waals surface area contributed by atoms with Gasteiger partial charge in [0.2, 0.25) is 10.9 Å². The monoisotopic (exact) mass is 219 g/mol. The summed E-state index contributed by atoms with van der Waals surface area (Å²) in [6.07, 6.45) is 3.84. The molecule has 15 heavy (non-hydrogen) atoms. The average molecular weight is 219 g/mol. The fraction of sp³-hybridized carbons (Fsp3) is 0.111. The van der Waals surface area contributed by atoms with Crippen LogP contribution in [-0.4, -0.2) is 26.6 Å². The van der Waals surface area contributed by atoms with E-state index in [4.69, 9.17) is 0 Å². The van der Waals surface area contributed by atoms with Crippen molar-refractivity contribution >= 4 is 22.2 Å². The lowest BCUT2D eigenvalue weighted by Crippen LogP contribution is -1.92. The molecule has 0 fully saturated rings. The molecule has 0 atom stereocenters. The fourth-order valence-corrected chi connectivity index (χ4v) is 2.30. The summed E-state index contributed by atoms with van der Waals surface area (Å²) in [6.45, 7) is 0. The molecule has 3 aromatic heterocycles. The molecule has 0 bridgehead atoms. The van der Waals surface area contributed by atoms with Crippen molar-refractivity contribution in [2.24, 2.45) is 0 Å². The maximum atomic E-state index is 4.34. The molecular formula is C9H9N5S. The zero-order chi connectivity index (χ0) is 10.3. The van der Waals surface area contributed by atoms with E-state index in [0.717, 1.165) is 16.2 Å². The summed E-state index contributed by atoms with van der Waals surface area (Å²) in [4.78, 5) is 8.24. The molecule has 76 valence electrons. The summed E-state index contributed by atoms with van der Waals surface area (Å²) < 4.78 is 1.85. The lowest BCUT2D eigenvalue weighted by molar-refractivity contribution is 0.986. The van der Waals surface area contributed by atoms with Crippen LogP contribution in [0.15, 0.2) is 23.8 Å². The Morgan fingerprint density at radius 1 is 1.53 bits per heavy atom. The maximum absolute atomic E-state index is 4.34. The molecule has 0 aromatic carbocycles. The Morgan fingerprint density at radius 2 is 2.47 bits per heavy atom. The van der Waals surface area contributed by atoms with E-state index in [1.165, 1.54) is 0 Å². The molecule has 0 amide bonds. The predicted molar refractivity (Wildman–Crippen MR) is 60.2 cm³/mol. The summed E-state index contributed by atoms with van der Waals surface area (Å²) in [7, 11) is 1.81. The van der Waals surface area contributed by atoms with Gasteiger partial charge in [-0.1, -0.05) is 0 Å². The summed E-state index contributed by atoms with van der Waals surface area (Å²) >= 11 is 1.58. The van der Waals surface area contributed by atoms with E-state index in [1.54, 1.807) is 11.3 Å². The minimum Gasteiger partial charge on any atom is -0.367 e. The number of nitrogens with one attached hydrogen (secondary N) is 2. The van der Waals surface area contributed by atoms with E-state index in [0.29, 0.717) is 5.95 Å². The number of hydrogen-bond donors (Lipinski definition) is 2. The summed E-state index contributed by atoms with van der Waals surface area (Å²) in [5.74, 6) is 0.652. The molecule has 0 saturated carbocycles. The SMILES string of the molecule is CNc1nc2scc(-c3cc[nH]c3)n2n1. The van der Waals surface area contributed by atoms with Crippen LogP contribution in [-0.2, 0) is 0 Å². The summed E-state index contributed by atoms with van der Waals surface area (Å²) in [6, 6.07) is 2.02. The number of aromatic nitrogens is 4. The average Bonchev–Trinajstić information content (AvgIpc) is 2.92. The van der Waals surface area contributed by atoms with Crippen molar-refractivity contribution in [3.05, 3.63) is 23.8 Å². The molecule has 0 unspecified atom stereocenters. The van der Waals surface area contributed by atoms with Gasteiger partial charge in [-0.05, 0) is 6.07 Å². The molecule has 0 saturated heterocycles. The van der Waals surface area contributed by atoms with Crippen LogP contribution < -0.4 is 5.32 Å². The highest BCUT2D eigenvalue weighted by atomic mass is 32.1. The van der Waals surface area contributed by atoms with Crippen molar-refractivity contribution in [3.63, 3.8) is 0 Å². The number of aromatic amines is 1. The molecule has 0 aliphatic carbocycles. The number of rotatable bonds is 2. The van der Waals surface area contributed by atoms with Crippen molar-refractivity contribution in [2.45, 2.75) is 0 Å². The van der Waals surface area contributed by atoms with E-state index < -0.39 is 0 Å². The first-order valence-electron chi connectivity index (χ1n) is 4.53. The molecule has 2 N–H and O–H groups in total. The van der Waals surface area contributed by atoms with Crippen LogP contribution in [0, 0.1) is 0 Å². The molecule has 3 rings (SSSR count). The number of hydrogen-bond acceptors (Lipinski definition) is 4. The Balaban J connectivity index is 2.23. The first kappa shape index (κ1) is 8.49. The van der Waals surface area contributed by atoms with Crippen LogP contribution in [0.1, 0.15) is 0 Å². The van der Waals surface area contributed by atoms with E-state index in [1.807, 2.05) is 30.0 Å². The van der Waals surface area contributed by atoms with Gasteiger partial charge in [-0.25, -0.2) is 4.52 Å². The van der Waals surface area contributed by atoms with Crippen LogP contribution in [0.25, 0.3) is 16.2 Å². The molecule has 6 heteroatoms. The standard InChI is InChI=1S/C9H9N5S/c1-10-8-12-9-14(13-8)7(5-15-9)6-2-3-11-4-6/h2-5,11H,1H3,(H,10,13). The quantitative estimate of drug-likeness (QED) is 0.691. The summed E-state index contributed by atoms with van der Waals surface area (Å²) in [5.41, 5.74) is 2.18. The van der Waals surface area contributed by atoms with Gasteiger partial charge in [-0.3, -0.25) is 0 Å². The Morgan fingerprint density at radius 3 is 3.20 bits per heavy atom. The van der Waals surface area contributed by atoms with Gasteiger partial charge < -0.3 is 10.3 Å². The Bertz CT molecular complexity index is 577. The molecule has 3 aromatic rings. The topological polar surface area (TPSA) is 58.0 Å². The van der Waals surface area contributed by atoms with Gasteiger partial charge >= 0.3 is 0 Å². The largest absolute Gasteiger partial charge is 0.367 e. The number of thiazole rings is 1. The normalized spacial score (nSPS) is 11.0. The zero-order valence-corrected chi connectivity index (χ0v) is 8.88. The van der Waals surface area contributed by atoms with Gasteiger partial charge in [0.15, 0.2) is 0 Å². The van der Waals surface area contributed by atoms with Gasteiger partial charge in [0.25, 0.3) is 0 Å². The van der Waals surface area contributed by atoms with E-state index in [9.17, 15) is 0 Å². The third-order valence-electron chi connectivity index (χ3n) is 2.20. The molecule has 0 spiro atoms. The Hall–Kier alpha value is -1.82.